The molecule has 0 saturated heterocycles. The average Bonchev–Trinajstić information content (AvgIpc) is 3.04. The molecule has 0 radical (unpaired) electrons. The maximum absolute atomic E-state index is 11.9. The van der Waals surface area contributed by atoms with Crippen LogP contribution in [0.2, 0.25) is 0 Å². The van der Waals surface area contributed by atoms with Crippen molar-refractivity contribution < 1.29 is 19.1 Å². The van der Waals surface area contributed by atoms with Crippen LogP contribution in [0.25, 0.3) is 0 Å². The van der Waals surface area contributed by atoms with Gasteiger partial charge in [-0.05, 0) is 35.6 Å². The van der Waals surface area contributed by atoms with E-state index in [1.54, 1.807) is 6.07 Å². The molecule has 0 unspecified atom stereocenters. The number of carboxylic acid groups (broad SMARTS) is 1. The van der Waals surface area contributed by atoms with E-state index in [0.29, 0.717) is 10.6 Å². The topological polar surface area (TPSA) is 79.5 Å². The summed E-state index contributed by atoms with van der Waals surface area (Å²) in [6, 6.07) is 4.83. The summed E-state index contributed by atoms with van der Waals surface area (Å²) in [4.78, 5) is 23.3. The van der Waals surface area contributed by atoms with Gasteiger partial charge in [0.05, 0.1) is 11.4 Å². The Bertz CT molecular complexity index is 599. The minimum Gasteiger partial charge on any atom is -0.475 e. The van der Waals surface area contributed by atoms with Crippen LogP contribution in [0.1, 0.15) is 38.5 Å². The molecule has 5 nitrogen and oxygen atoms in total. The fourth-order valence-corrected chi connectivity index (χ4v) is 2.56. The molecule has 19 heavy (non-hydrogen) atoms. The number of rotatable bonds is 5. The molecule has 0 spiro atoms. The largest absolute Gasteiger partial charge is 0.475 e. The van der Waals surface area contributed by atoms with E-state index >= 15 is 0 Å². The van der Waals surface area contributed by atoms with Crippen molar-refractivity contribution in [3.8, 4) is 0 Å². The SMILES string of the molecule is CCc1ccsc1C(=O)NCc1ccc(C(=O)O)o1. The lowest BCUT2D eigenvalue weighted by Gasteiger charge is -2.03. The summed E-state index contributed by atoms with van der Waals surface area (Å²) in [6.45, 7) is 2.16. The summed E-state index contributed by atoms with van der Waals surface area (Å²) < 4.78 is 5.06. The van der Waals surface area contributed by atoms with Crippen molar-refractivity contribution in [1.29, 1.82) is 0 Å². The van der Waals surface area contributed by atoms with Crippen molar-refractivity contribution in [1.82, 2.24) is 5.32 Å². The molecule has 1 amide bonds. The zero-order valence-electron chi connectivity index (χ0n) is 10.3. The van der Waals surface area contributed by atoms with E-state index in [1.165, 1.54) is 17.4 Å². The van der Waals surface area contributed by atoms with Crippen LogP contribution in [0, 0.1) is 0 Å². The zero-order chi connectivity index (χ0) is 13.8. The standard InChI is InChI=1S/C13H13NO4S/c1-2-8-5-6-19-11(8)12(15)14-7-9-3-4-10(18-9)13(16)17/h3-6H,2,7H2,1H3,(H,14,15)(H,16,17). The number of hydrogen-bond donors (Lipinski definition) is 2. The number of carbonyl (C=O) groups excluding carboxylic acids is 1. The molecule has 2 heterocycles. The highest BCUT2D eigenvalue weighted by Crippen LogP contribution is 2.17. The van der Waals surface area contributed by atoms with Crippen molar-refractivity contribution in [3.05, 3.63) is 45.5 Å². The first-order valence-electron chi connectivity index (χ1n) is 5.78. The highest BCUT2D eigenvalue weighted by molar-refractivity contribution is 7.12. The molecule has 0 aliphatic heterocycles. The molecule has 100 valence electrons. The number of hydrogen-bond acceptors (Lipinski definition) is 4. The maximum atomic E-state index is 11.9. The minimum absolute atomic E-state index is 0.130. The maximum Gasteiger partial charge on any atom is 0.371 e. The van der Waals surface area contributed by atoms with Crippen LogP contribution < -0.4 is 5.32 Å². The molecular weight excluding hydrogens is 266 g/mol. The highest BCUT2D eigenvalue weighted by atomic mass is 32.1. The van der Waals surface area contributed by atoms with Crippen LogP contribution in [-0.4, -0.2) is 17.0 Å². The second-order valence-electron chi connectivity index (χ2n) is 3.88. The molecule has 2 rings (SSSR count). The Morgan fingerprint density at radius 1 is 1.37 bits per heavy atom. The van der Waals surface area contributed by atoms with E-state index in [1.807, 2.05) is 18.4 Å². The first-order valence-corrected chi connectivity index (χ1v) is 6.66. The second kappa shape index (κ2) is 5.71. The van der Waals surface area contributed by atoms with Gasteiger partial charge in [0.2, 0.25) is 5.76 Å². The van der Waals surface area contributed by atoms with Gasteiger partial charge in [-0.3, -0.25) is 4.79 Å². The summed E-state index contributed by atoms with van der Waals surface area (Å²) >= 11 is 1.39. The molecule has 0 aromatic carbocycles. The van der Waals surface area contributed by atoms with Gasteiger partial charge in [-0.1, -0.05) is 6.92 Å². The quantitative estimate of drug-likeness (QED) is 0.881. The summed E-state index contributed by atoms with van der Waals surface area (Å²) in [5.74, 6) is -1.00. The molecule has 0 aliphatic carbocycles. The van der Waals surface area contributed by atoms with Crippen molar-refractivity contribution >= 4 is 23.2 Å². The Morgan fingerprint density at radius 3 is 2.79 bits per heavy atom. The van der Waals surface area contributed by atoms with Gasteiger partial charge in [-0.25, -0.2) is 4.79 Å². The van der Waals surface area contributed by atoms with Gasteiger partial charge in [-0.2, -0.15) is 0 Å². The predicted octanol–water partition coefficient (Wildman–Crippen LogP) is 2.53. The molecule has 2 N–H and O–H groups in total. The number of aromatic carboxylic acids is 1. The van der Waals surface area contributed by atoms with Gasteiger partial charge in [-0.15, -0.1) is 11.3 Å². The highest BCUT2D eigenvalue weighted by Gasteiger charge is 2.13. The van der Waals surface area contributed by atoms with Crippen LogP contribution in [0.15, 0.2) is 28.0 Å². The Balaban J connectivity index is 1.98. The Morgan fingerprint density at radius 2 is 2.16 bits per heavy atom. The van der Waals surface area contributed by atoms with E-state index in [-0.39, 0.29) is 18.2 Å². The zero-order valence-corrected chi connectivity index (χ0v) is 11.1. The fourth-order valence-electron chi connectivity index (χ4n) is 1.65. The van der Waals surface area contributed by atoms with Crippen molar-refractivity contribution in [2.75, 3.05) is 0 Å². The van der Waals surface area contributed by atoms with Crippen LogP contribution in [0.4, 0.5) is 0 Å². The van der Waals surface area contributed by atoms with Crippen LogP contribution >= 0.6 is 11.3 Å². The lowest BCUT2D eigenvalue weighted by Crippen LogP contribution is -2.22. The van der Waals surface area contributed by atoms with Crippen LogP contribution in [0.3, 0.4) is 0 Å². The Kier molecular flexibility index (Phi) is 4.01. The van der Waals surface area contributed by atoms with Gasteiger partial charge in [0.15, 0.2) is 0 Å². The summed E-state index contributed by atoms with van der Waals surface area (Å²) in [5, 5.41) is 13.3. The monoisotopic (exact) mass is 279 g/mol. The lowest BCUT2D eigenvalue weighted by atomic mass is 10.2. The normalized spacial score (nSPS) is 10.4. The minimum atomic E-state index is -1.12. The third-order valence-corrected chi connectivity index (χ3v) is 3.58. The van der Waals surface area contributed by atoms with E-state index in [9.17, 15) is 9.59 Å². The smallest absolute Gasteiger partial charge is 0.371 e. The van der Waals surface area contributed by atoms with E-state index in [0.717, 1.165) is 12.0 Å². The molecule has 0 bridgehead atoms. The van der Waals surface area contributed by atoms with Crippen LogP contribution in [-0.2, 0) is 13.0 Å². The first kappa shape index (κ1) is 13.4. The second-order valence-corrected chi connectivity index (χ2v) is 4.80. The number of furan rings is 1. The van der Waals surface area contributed by atoms with Crippen molar-refractivity contribution in [3.63, 3.8) is 0 Å². The molecule has 0 atom stereocenters. The van der Waals surface area contributed by atoms with E-state index in [2.05, 4.69) is 5.32 Å². The average molecular weight is 279 g/mol. The molecule has 0 fully saturated rings. The molecule has 2 aromatic rings. The van der Waals surface area contributed by atoms with Gasteiger partial charge in [0, 0.05) is 0 Å². The summed E-state index contributed by atoms with van der Waals surface area (Å²) in [7, 11) is 0. The Labute approximate surface area is 113 Å². The molecule has 0 saturated carbocycles. The van der Waals surface area contributed by atoms with E-state index in [4.69, 9.17) is 9.52 Å². The lowest BCUT2D eigenvalue weighted by molar-refractivity contribution is 0.0660. The van der Waals surface area contributed by atoms with Gasteiger partial charge < -0.3 is 14.8 Å². The molecule has 6 heteroatoms. The Hall–Kier alpha value is -2.08. The third-order valence-electron chi connectivity index (χ3n) is 2.63. The van der Waals surface area contributed by atoms with Gasteiger partial charge in [0.1, 0.15) is 5.76 Å². The number of carbonyl (C=O) groups is 2. The van der Waals surface area contributed by atoms with Crippen LogP contribution in [0.5, 0.6) is 0 Å². The molecule has 2 aromatic heterocycles. The molecular formula is C13H13NO4S. The summed E-state index contributed by atoms with van der Waals surface area (Å²) in [6.07, 6.45) is 0.802. The van der Waals surface area contributed by atoms with E-state index < -0.39 is 5.97 Å². The van der Waals surface area contributed by atoms with Crippen molar-refractivity contribution in [2.24, 2.45) is 0 Å². The fraction of sp³-hybridized carbons (Fsp3) is 0.231. The van der Waals surface area contributed by atoms with Gasteiger partial charge in [0.25, 0.3) is 5.91 Å². The first-order chi connectivity index (χ1) is 9.11. The predicted molar refractivity (Wildman–Crippen MR) is 70.5 cm³/mol. The number of carboxylic acids is 1. The van der Waals surface area contributed by atoms with Crippen molar-refractivity contribution in [2.45, 2.75) is 19.9 Å². The number of amides is 1. The summed E-state index contributed by atoms with van der Waals surface area (Å²) in [5.41, 5.74) is 1.01. The number of thiophene rings is 1. The molecule has 0 aliphatic rings. The number of nitrogens with one attached hydrogen (secondary N) is 1. The third kappa shape index (κ3) is 3.03. The number of aryl methyl sites for hydroxylation is 1. The van der Waals surface area contributed by atoms with Gasteiger partial charge >= 0.3 is 5.97 Å².